The normalized spacial score (nSPS) is 11.3. The van der Waals surface area contributed by atoms with Crippen LogP contribution in [0.3, 0.4) is 0 Å². The summed E-state index contributed by atoms with van der Waals surface area (Å²) in [4.78, 5) is 17.2. The molecule has 2 heterocycles. The molecule has 0 atom stereocenters. The summed E-state index contributed by atoms with van der Waals surface area (Å²) in [6.45, 7) is 0.348. The Labute approximate surface area is 220 Å². The number of rotatable bonds is 12. The fourth-order valence-corrected chi connectivity index (χ4v) is 3.95. The van der Waals surface area contributed by atoms with Crippen molar-refractivity contribution in [1.82, 2.24) is 19.9 Å². The highest BCUT2D eigenvalue weighted by molar-refractivity contribution is 7.95. The second-order valence-corrected chi connectivity index (χ2v) is 9.12. The van der Waals surface area contributed by atoms with E-state index in [4.69, 9.17) is 18.9 Å². The molecular formula is C26H25N5O6S. The number of nitrogens with one attached hydrogen (secondary N) is 1. The molecule has 0 fully saturated rings. The van der Waals surface area contributed by atoms with Crippen molar-refractivity contribution in [2.75, 3.05) is 32.2 Å². The van der Waals surface area contributed by atoms with E-state index in [2.05, 4.69) is 24.7 Å². The lowest BCUT2D eigenvalue weighted by Gasteiger charge is -2.17. The van der Waals surface area contributed by atoms with E-state index in [1.54, 1.807) is 54.6 Å². The minimum Gasteiger partial charge on any atom is -0.493 e. The van der Waals surface area contributed by atoms with Crippen LogP contribution in [0, 0.1) is 0 Å². The highest BCUT2D eigenvalue weighted by Crippen LogP contribution is 2.41. The van der Waals surface area contributed by atoms with Gasteiger partial charge in [-0.1, -0.05) is 42.5 Å². The number of nitrogens with zero attached hydrogens (tertiary/aromatic N) is 4. The van der Waals surface area contributed by atoms with Gasteiger partial charge >= 0.3 is 0 Å². The zero-order valence-electron chi connectivity index (χ0n) is 20.6. The van der Waals surface area contributed by atoms with Gasteiger partial charge in [-0.05, 0) is 29.8 Å². The third-order valence-corrected chi connectivity index (χ3v) is 5.86. The minimum absolute atomic E-state index is 0.0233. The third kappa shape index (κ3) is 7.02. The highest BCUT2D eigenvalue weighted by atomic mass is 32.2. The molecule has 0 bridgehead atoms. The predicted octanol–water partition coefficient (Wildman–Crippen LogP) is 4.17. The van der Waals surface area contributed by atoms with Crippen molar-refractivity contribution in [3.8, 4) is 34.8 Å². The number of sulfonamides is 1. The largest absolute Gasteiger partial charge is 0.493 e. The Morgan fingerprint density at radius 1 is 0.842 bits per heavy atom. The summed E-state index contributed by atoms with van der Waals surface area (Å²) in [5, 5.41) is 1.03. The summed E-state index contributed by atoms with van der Waals surface area (Å²) in [7, 11) is -1.04. The second kappa shape index (κ2) is 12.6. The topological polar surface area (TPSA) is 135 Å². The van der Waals surface area contributed by atoms with E-state index in [1.165, 1.54) is 32.7 Å². The lowest BCUT2D eigenvalue weighted by molar-refractivity contribution is 0.142. The number of anilines is 1. The van der Waals surface area contributed by atoms with Crippen LogP contribution in [0.1, 0.15) is 5.56 Å². The maximum atomic E-state index is 13.1. The molecule has 2 aromatic heterocycles. The first kappa shape index (κ1) is 26.5. The summed E-state index contributed by atoms with van der Waals surface area (Å²) >= 11 is 0. The first-order valence-corrected chi connectivity index (χ1v) is 12.9. The van der Waals surface area contributed by atoms with Gasteiger partial charge in [-0.3, -0.25) is 4.72 Å². The van der Waals surface area contributed by atoms with E-state index in [0.717, 1.165) is 5.41 Å². The molecule has 0 aliphatic rings. The fraction of sp³-hybridized carbons (Fsp3) is 0.154. The average Bonchev–Trinajstić information content (AvgIpc) is 2.94. The van der Waals surface area contributed by atoms with Crippen molar-refractivity contribution >= 4 is 21.9 Å². The van der Waals surface area contributed by atoms with Gasteiger partial charge < -0.3 is 18.9 Å². The molecule has 0 radical (unpaired) electrons. The Kier molecular flexibility index (Phi) is 8.80. The SMILES string of the molecule is COCCOc1nc(-c2ncccn2)nc(NS(=O)(=O)/C=C/c2ccccc2)c1Oc1ccccc1OC. The van der Waals surface area contributed by atoms with Gasteiger partial charge in [-0.15, -0.1) is 0 Å². The second-order valence-electron chi connectivity index (χ2n) is 7.56. The number of aromatic nitrogens is 4. The highest BCUT2D eigenvalue weighted by Gasteiger charge is 2.24. The molecule has 0 saturated heterocycles. The van der Waals surface area contributed by atoms with Crippen LogP contribution in [0.15, 0.2) is 78.5 Å². The predicted molar refractivity (Wildman–Crippen MR) is 142 cm³/mol. The van der Waals surface area contributed by atoms with Crippen molar-refractivity contribution in [2.24, 2.45) is 0 Å². The summed E-state index contributed by atoms with van der Waals surface area (Å²) in [5.74, 6) is 0.571. The number of benzene rings is 2. The van der Waals surface area contributed by atoms with Crippen LogP contribution >= 0.6 is 0 Å². The van der Waals surface area contributed by atoms with Gasteiger partial charge in [0.25, 0.3) is 15.9 Å². The van der Waals surface area contributed by atoms with Gasteiger partial charge in [-0.25, -0.2) is 23.4 Å². The van der Waals surface area contributed by atoms with Gasteiger partial charge in [0.2, 0.25) is 11.6 Å². The number of hydrogen-bond donors (Lipinski definition) is 1. The lowest BCUT2D eigenvalue weighted by Crippen LogP contribution is -2.14. The van der Waals surface area contributed by atoms with Crippen molar-refractivity contribution < 1.29 is 27.4 Å². The quantitative estimate of drug-likeness (QED) is 0.263. The summed E-state index contributed by atoms with van der Waals surface area (Å²) < 4.78 is 51.0. The van der Waals surface area contributed by atoms with Gasteiger partial charge in [0.1, 0.15) is 6.61 Å². The smallest absolute Gasteiger partial charge is 0.263 e. The number of hydrogen-bond acceptors (Lipinski definition) is 10. The van der Waals surface area contributed by atoms with Crippen LogP contribution in [0.25, 0.3) is 17.7 Å². The van der Waals surface area contributed by atoms with Crippen LogP contribution in [-0.4, -0.2) is 55.8 Å². The molecule has 1 N–H and O–H groups in total. The minimum atomic E-state index is -4.06. The van der Waals surface area contributed by atoms with Gasteiger partial charge in [0.15, 0.2) is 23.1 Å². The van der Waals surface area contributed by atoms with Crippen molar-refractivity contribution in [3.63, 3.8) is 0 Å². The van der Waals surface area contributed by atoms with Crippen LogP contribution in [0.2, 0.25) is 0 Å². The number of para-hydroxylation sites is 2. The Morgan fingerprint density at radius 2 is 1.55 bits per heavy atom. The Bertz CT molecular complexity index is 1490. The van der Waals surface area contributed by atoms with Crippen molar-refractivity contribution in [3.05, 3.63) is 84.0 Å². The van der Waals surface area contributed by atoms with Gasteiger partial charge in [0, 0.05) is 19.5 Å². The third-order valence-electron chi connectivity index (χ3n) is 4.89. The molecule has 0 aliphatic carbocycles. The Balaban J connectivity index is 1.81. The van der Waals surface area contributed by atoms with E-state index in [9.17, 15) is 8.42 Å². The molecule has 196 valence electrons. The summed E-state index contributed by atoms with van der Waals surface area (Å²) in [6, 6.07) is 17.5. The molecule has 12 heteroatoms. The Hall–Kier alpha value is -4.55. The maximum absolute atomic E-state index is 13.1. The van der Waals surface area contributed by atoms with E-state index in [1.807, 2.05) is 6.07 Å². The number of methoxy groups -OCH3 is 2. The molecule has 11 nitrogen and oxygen atoms in total. The van der Waals surface area contributed by atoms with Gasteiger partial charge in [-0.2, -0.15) is 4.98 Å². The molecule has 2 aromatic carbocycles. The van der Waals surface area contributed by atoms with Crippen molar-refractivity contribution in [1.29, 1.82) is 0 Å². The first-order valence-electron chi connectivity index (χ1n) is 11.4. The molecule has 0 aliphatic heterocycles. The van der Waals surface area contributed by atoms with Crippen molar-refractivity contribution in [2.45, 2.75) is 0 Å². The molecule has 0 amide bonds. The first-order chi connectivity index (χ1) is 18.5. The molecule has 38 heavy (non-hydrogen) atoms. The molecule has 0 saturated carbocycles. The summed E-state index contributed by atoms with van der Waals surface area (Å²) in [6.07, 6.45) is 4.49. The van der Waals surface area contributed by atoms with E-state index in [0.29, 0.717) is 17.1 Å². The zero-order chi connectivity index (χ0) is 26.8. The van der Waals surface area contributed by atoms with Crippen LogP contribution in [-0.2, 0) is 14.8 Å². The van der Waals surface area contributed by atoms with E-state index >= 15 is 0 Å². The molecule has 4 rings (SSSR count). The average molecular weight is 536 g/mol. The molecule has 0 unspecified atom stereocenters. The maximum Gasteiger partial charge on any atom is 0.263 e. The van der Waals surface area contributed by atoms with Crippen LogP contribution < -0.4 is 18.9 Å². The molecular weight excluding hydrogens is 510 g/mol. The lowest BCUT2D eigenvalue weighted by atomic mass is 10.2. The molecule has 4 aromatic rings. The number of ether oxygens (including phenoxy) is 4. The van der Waals surface area contributed by atoms with Gasteiger partial charge in [0.05, 0.1) is 19.1 Å². The van der Waals surface area contributed by atoms with Crippen LogP contribution in [0.4, 0.5) is 5.82 Å². The van der Waals surface area contributed by atoms with Crippen LogP contribution in [0.5, 0.6) is 23.1 Å². The van der Waals surface area contributed by atoms with E-state index < -0.39 is 10.0 Å². The zero-order valence-corrected chi connectivity index (χ0v) is 21.5. The Morgan fingerprint density at radius 3 is 2.26 bits per heavy atom. The fourth-order valence-electron chi connectivity index (χ4n) is 3.14. The monoisotopic (exact) mass is 535 g/mol. The standard InChI is InChI=1S/C26H25N5O6S/c1-34-16-17-36-26-22(37-21-12-7-6-11-20(21)35-2)23(29-25(30-26)24-27-14-8-15-28-24)31-38(32,33)18-13-19-9-4-3-5-10-19/h3-15,18H,16-17H2,1-2H3,(H,29,30,31)/b18-13+. The molecule has 0 spiro atoms. The van der Waals surface area contributed by atoms with E-state index in [-0.39, 0.29) is 42.3 Å². The summed E-state index contributed by atoms with van der Waals surface area (Å²) in [5.41, 5.74) is 0.702.